The van der Waals surface area contributed by atoms with E-state index in [2.05, 4.69) is 5.32 Å². The van der Waals surface area contributed by atoms with Gasteiger partial charge in [0.25, 0.3) is 0 Å². The summed E-state index contributed by atoms with van der Waals surface area (Å²) in [6.07, 6.45) is 0. The van der Waals surface area contributed by atoms with Crippen LogP contribution in [0.2, 0.25) is 0 Å². The van der Waals surface area contributed by atoms with Crippen LogP contribution in [0.15, 0.2) is 24.3 Å². The quantitative estimate of drug-likeness (QED) is 0.821. The number of rotatable bonds is 5. The fraction of sp³-hybridized carbons (Fsp3) is 0.462. The third-order valence-corrected chi connectivity index (χ3v) is 2.98. The fourth-order valence-corrected chi connectivity index (χ4v) is 1.87. The maximum atomic E-state index is 11.3. The van der Waals surface area contributed by atoms with Gasteiger partial charge in [0.2, 0.25) is 0 Å². The molecule has 1 fully saturated rings. The molecule has 18 heavy (non-hydrogen) atoms. The highest BCUT2D eigenvalue weighted by Crippen LogP contribution is 2.15. The lowest BCUT2D eigenvalue weighted by atomic mass is 10.1. The van der Waals surface area contributed by atoms with Gasteiger partial charge in [-0.05, 0) is 24.6 Å². The Labute approximate surface area is 107 Å². The van der Waals surface area contributed by atoms with E-state index in [1.165, 1.54) is 0 Å². The van der Waals surface area contributed by atoms with Crippen LogP contribution in [0, 0.1) is 0 Å². The number of nitrogens with zero attached hydrogens (tertiary/aromatic N) is 1. The van der Waals surface area contributed by atoms with Crippen molar-refractivity contribution in [2.45, 2.75) is 13.0 Å². The van der Waals surface area contributed by atoms with E-state index in [9.17, 15) is 4.79 Å². The van der Waals surface area contributed by atoms with Gasteiger partial charge in [-0.1, -0.05) is 12.1 Å². The van der Waals surface area contributed by atoms with Crippen molar-refractivity contribution in [3.05, 3.63) is 29.8 Å². The minimum Gasteiger partial charge on any atom is -0.492 e. The molecule has 1 saturated heterocycles. The molecule has 1 heterocycles. The van der Waals surface area contributed by atoms with E-state index in [1.807, 2.05) is 31.2 Å². The minimum absolute atomic E-state index is 0.00842. The van der Waals surface area contributed by atoms with Crippen molar-refractivity contribution in [2.75, 3.05) is 26.2 Å². The molecule has 0 aromatic heterocycles. The van der Waals surface area contributed by atoms with E-state index < -0.39 is 0 Å². The molecule has 1 aromatic carbocycles. The summed E-state index contributed by atoms with van der Waals surface area (Å²) in [5, 5.41) is 2.76. The van der Waals surface area contributed by atoms with Crippen molar-refractivity contribution in [3.8, 4) is 5.75 Å². The first kappa shape index (κ1) is 12.7. The zero-order valence-electron chi connectivity index (χ0n) is 10.6. The number of hydrogen-bond donors (Lipinski definition) is 2. The molecular weight excluding hydrogens is 230 g/mol. The van der Waals surface area contributed by atoms with Gasteiger partial charge in [0.05, 0.1) is 6.54 Å². The van der Waals surface area contributed by atoms with Crippen LogP contribution >= 0.6 is 0 Å². The summed E-state index contributed by atoms with van der Waals surface area (Å²) in [4.78, 5) is 13.0. The molecule has 2 rings (SSSR count). The number of carbonyl (C=O) groups is 1. The molecule has 1 unspecified atom stereocenters. The van der Waals surface area contributed by atoms with Gasteiger partial charge in [-0.25, -0.2) is 4.79 Å². The Morgan fingerprint density at radius 2 is 2.17 bits per heavy atom. The van der Waals surface area contributed by atoms with E-state index in [0.717, 1.165) is 24.4 Å². The summed E-state index contributed by atoms with van der Waals surface area (Å²) < 4.78 is 5.59. The molecule has 5 heteroatoms. The fourth-order valence-electron chi connectivity index (χ4n) is 1.87. The van der Waals surface area contributed by atoms with Crippen molar-refractivity contribution in [3.63, 3.8) is 0 Å². The SMILES string of the molecule is CC(N)c1ccc(OCCN2CCNC2=O)cc1. The van der Waals surface area contributed by atoms with Gasteiger partial charge in [0.15, 0.2) is 0 Å². The lowest BCUT2D eigenvalue weighted by Crippen LogP contribution is -2.31. The zero-order chi connectivity index (χ0) is 13.0. The van der Waals surface area contributed by atoms with Crippen molar-refractivity contribution < 1.29 is 9.53 Å². The molecule has 5 nitrogen and oxygen atoms in total. The topological polar surface area (TPSA) is 67.6 Å². The molecular formula is C13H19N3O2. The zero-order valence-corrected chi connectivity index (χ0v) is 10.6. The normalized spacial score (nSPS) is 16.6. The average Bonchev–Trinajstić information content (AvgIpc) is 2.76. The lowest BCUT2D eigenvalue weighted by molar-refractivity contribution is 0.202. The smallest absolute Gasteiger partial charge is 0.317 e. The first-order valence-electron chi connectivity index (χ1n) is 6.18. The number of ether oxygens (including phenoxy) is 1. The third kappa shape index (κ3) is 3.13. The predicted molar refractivity (Wildman–Crippen MR) is 69.5 cm³/mol. The number of amides is 2. The maximum Gasteiger partial charge on any atom is 0.317 e. The first-order chi connectivity index (χ1) is 8.66. The number of benzene rings is 1. The van der Waals surface area contributed by atoms with Crippen LogP contribution in [-0.4, -0.2) is 37.2 Å². The molecule has 0 bridgehead atoms. The van der Waals surface area contributed by atoms with Crippen molar-refractivity contribution >= 4 is 6.03 Å². The Hall–Kier alpha value is -1.75. The number of hydrogen-bond acceptors (Lipinski definition) is 3. The van der Waals surface area contributed by atoms with Crippen molar-refractivity contribution in [1.82, 2.24) is 10.2 Å². The second-order valence-electron chi connectivity index (χ2n) is 4.43. The van der Waals surface area contributed by atoms with Crippen LogP contribution in [0.25, 0.3) is 0 Å². The van der Waals surface area contributed by atoms with Crippen molar-refractivity contribution in [1.29, 1.82) is 0 Å². The monoisotopic (exact) mass is 249 g/mol. The summed E-state index contributed by atoms with van der Waals surface area (Å²) in [7, 11) is 0. The molecule has 0 radical (unpaired) electrons. The van der Waals surface area contributed by atoms with Crippen LogP contribution in [0.5, 0.6) is 5.75 Å². The number of urea groups is 1. The molecule has 2 amide bonds. The van der Waals surface area contributed by atoms with E-state index in [4.69, 9.17) is 10.5 Å². The standard InChI is InChI=1S/C13H19N3O2/c1-10(14)11-2-4-12(5-3-11)18-9-8-16-7-6-15-13(16)17/h2-5,10H,6-9,14H2,1H3,(H,15,17). The van der Waals surface area contributed by atoms with Gasteiger partial charge < -0.3 is 20.7 Å². The van der Waals surface area contributed by atoms with Crippen molar-refractivity contribution in [2.24, 2.45) is 5.73 Å². The molecule has 1 aromatic rings. The highest BCUT2D eigenvalue weighted by molar-refractivity contribution is 5.76. The Balaban J connectivity index is 1.78. The molecule has 3 N–H and O–H groups in total. The van der Waals surface area contributed by atoms with Crippen LogP contribution in [0.1, 0.15) is 18.5 Å². The molecule has 0 aliphatic carbocycles. The van der Waals surface area contributed by atoms with E-state index in [-0.39, 0.29) is 12.1 Å². The van der Waals surface area contributed by atoms with Crippen LogP contribution in [0.3, 0.4) is 0 Å². The van der Waals surface area contributed by atoms with Gasteiger partial charge in [0.1, 0.15) is 12.4 Å². The predicted octanol–water partition coefficient (Wildman–Crippen LogP) is 1.11. The highest BCUT2D eigenvalue weighted by atomic mass is 16.5. The van der Waals surface area contributed by atoms with Gasteiger partial charge in [-0.15, -0.1) is 0 Å². The summed E-state index contributed by atoms with van der Waals surface area (Å²) in [6, 6.07) is 7.76. The molecule has 1 aliphatic rings. The Kier molecular flexibility index (Phi) is 4.04. The largest absolute Gasteiger partial charge is 0.492 e. The minimum atomic E-state index is -0.00842. The van der Waals surface area contributed by atoms with E-state index in [1.54, 1.807) is 4.90 Å². The molecule has 0 saturated carbocycles. The Bertz CT molecular complexity index is 403. The van der Waals surface area contributed by atoms with E-state index >= 15 is 0 Å². The van der Waals surface area contributed by atoms with Gasteiger partial charge in [-0.2, -0.15) is 0 Å². The van der Waals surface area contributed by atoms with Crippen LogP contribution in [-0.2, 0) is 0 Å². The molecule has 1 aliphatic heterocycles. The molecule has 0 spiro atoms. The van der Waals surface area contributed by atoms with Crippen LogP contribution in [0.4, 0.5) is 4.79 Å². The maximum absolute atomic E-state index is 11.3. The Morgan fingerprint density at radius 3 is 2.72 bits per heavy atom. The number of carbonyl (C=O) groups excluding carboxylic acids is 1. The Morgan fingerprint density at radius 1 is 1.44 bits per heavy atom. The van der Waals surface area contributed by atoms with Gasteiger partial charge in [0, 0.05) is 19.1 Å². The number of nitrogens with one attached hydrogen (secondary N) is 1. The molecule has 1 atom stereocenters. The summed E-state index contributed by atoms with van der Waals surface area (Å²) in [5.41, 5.74) is 6.85. The third-order valence-electron chi connectivity index (χ3n) is 2.98. The van der Waals surface area contributed by atoms with Gasteiger partial charge >= 0.3 is 6.03 Å². The summed E-state index contributed by atoms with van der Waals surface area (Å²) in [5.74, 6) is 0.805. The van der Waals surface area contributed by atoms with Crippen LogP contribution < -0.4 is 15.8 Å². The first-order valence-corrected chi connectivity index (χ1v) is 6.18. The van der Waals surface area contributed by atoms with E-state index in [0.29, 0.717) is 13.2 Å². The second-order valence-corrected chi connectivity index (χ2v) is 4.43. The summed E-state index contributed by atoms with van der Waals surface area (Å²) in [6.45, 7) is 4.54. The second kappa shape index (κ2) is 5.73. The number of nitrogens with two attached hydrogens (primary N) is 1. The van der Waals surface area contributed by atoms with Gasteiger partial charge in [-0.3, -0.25) is 0 Å². The summed E-state index contributed by atoms with van der Waals surface area (Å²) >= 11 is 0. The lowest BCUT2D eigenvalue weighted by Gasteiger charge is -2.14. The highest BCUT2D eigenvalue weighted by Gasteiger charge is 2.18. The average molecular weight is 249 g/mol. The molecule has 98 valence electrons.